The Labute approximate surface area is 181 Å². The Morgan fingerprint density at radius 2 is 1.66 bits per heavy atom. The van der Waals surface area contributed by atoms with E-state index in [1.54, 1.807) is 29.8 Å². The lowest BCUT2D eigenvalue weighted by Crippen LogP contribution is -2.48. The van der Waals surface area contributed by atoms with Gasteiger partial charge in [-0.2, -0.15) is 0 Å². The predicted molar refractivity (Wildman–Crippen MR) is 123 cm³/mol. The average Bonchev–Trinajstić information content (AvgIpc) is 3.47. The van der Waals surface area contributed by atoms with Crippen LogP contribution in [0.3, 0.4) is 0 Å². The minimum atomic E-state index is -0.326. The number of thiophene rings is 2. The first kappa shape index (κ1) is 20.4. The Bertz CT molecular complexity index is 825. The summed E-state index contributed by atoms with van der Waals surface area (Å²) >= 11 is 3.57. The lowest BCUT2D eigenvalue weighted by molar-refractivity contribution is 0.0991. The van der Waals surface area contributed by atoms with Gasteiger partial charge in [-0.15, -0.1) is 22.7 Å². The van der Waals surface area contributed by atoms with Crippen LogP contribution in [-0.2, 0) is 0 Å². The van der Waals surface area contributed by atoms with Gasteiger partial charge in [0.05, 0.1) is 13.2 Å². The van der Waals surface area contributed by atoms with Crippen LogP contribution in [0.25, 0.3) is 0 Å². The number of benzene rings is 1. The highest BCUT2D eigenvalue weighted by Gasteiger charge is 2.24. The second-order valence-electron chi connectivity index (χ2n) is 7.46. The molecule has 3 aromatic rings. The van der Waals surface area contributed by atoms with E-state index in [1.807, 2.05) is 12.1 Å². The van der Waals surface area contributed by atoms with Crippen LogP contribution in [-0.4, -0.2) is 55.9 Å². The topological polar surface area (TPSA) is 35.9 Å². The SMILES string of the molecule is COc1cccc(N2CCN(CC(O)CC(c3cccs3)c3cccs3)CC2)c1. The number of β-amino-alcohol motifs (C(OH)–C–C–N with tert-alkyl or cyclic N) is 1. The van der Waals surface area contributed by atoms with Crippen molar-refractivity contribution in [2.75, 3.05) is 44.7 Å². The predicted octanol–water partition coefficient (Wildman–Crippen LogP) is 4.52. The molecular weight excluding hydrogens is 400 g/mol. The molecule has 154 valence electrons. The summed E-state index contributed by atoms with van der Waals surface area (Å²) in [7, 11) is 1.71. The molecule has 0 radical (unpaired) electrons. The number of nitrogens with zero attached hydrogens (tertiary/aromatic N) is 2. The van der Waals surface area contributed by atoms with Gasteiger partial charge in [-0.1, -0.05) is 18.2 Å². The summed E-state index contributed by atoms with van der Waals surface area (Å²) in [5.41, 5.74) is 1.21. The number of methoxy groups -OCH3 is 1. The van der Waals surface area contributed by atoms with Crippen molar-refractivity contribution >= 4 is 28.4 Å². The lowest BCUT2D eigenvalue weighted by atomic mass is 9.97. The molecule has 1 aliphatic heterocycles. The Balaban J connectivity index is 1.32. The summed E-state index contributed by atoms with van der Waals surface area (Å²) in [5, 5.41) is 15.1. The highest BCUT2D eigenvalue weighted by Crippen LogP contribution is 2.35. The molecule has 2 aromatic heterocycles. The van der Waals surface area contributed by atoms with Gasteiger partial charge < -0.3 is 14.7 Å². The van der Waals surface area contributed by atoms with Crippen LogP contribution in [0.15, 0.2) is 59.3 Å². The number of aliphatic hydroxyl groups is 1. The Morgan fingerprint density at radius 1 is 0.966 bits per heavy atom. The standard InChI is InChI=1S/C23H28N2O2S2/c1-27-20-6-2-5-18(15-20)25-11-9-24(10-12-25)17-19(26)16-21(22-7-3-13-28-22)23-8-4-14-29-23/h2-8,13-15,19,21,26H,9-12,16-17H2,1H3. The number of ether oxygens (including phenoxy) is 1. The van der Waals surface area contributed by atoms with E-state index in [0.717, 1.165) is 44.9 Å². The molecule has 1 aromatic carbocycles. The molecule has 1 saturated heterocycles. The van der Waals surface area contributed by atoms with Gasteiger partial charge in [-0.05, 0) is 41.4 Å². The largest absolute Gasteiger partial charge is 0.497 e. The maximum absolute atomic E-state index is 10.9. The smallest absolute Gasteiger partial charge is 0.120 e. The fourth-order valence-electron chi connectivity index (χ4n) is 3.99. The molecule has 1 unspecified atom stereocenters. The zero-order valence-electron chi connectivity index (χ0n) is 16.7. The average molecular weight is 429 g/mol. The van der Waals surface area contributed by atoms with Crippen molar-refractivity contribution in [1.29, 1.82) is 0 Å². The van der Waals surface area contributed by atoms with Gasteiger partial charge in [0.2, 0.25) is 0 Å². The van der Waals surface area contributed by atoms with Crippen molar-refractivity contribution in [3.05, 3.63) is 69.0 Å². The van der Waals surface area contributed by atoms with Gasteiger partial charge in [-0.25, -0.2) is 0 Å². The van der Waals surface area contributed by atoms with Gasteiger partial charge >= 0.3 is 0 Å². The Kier molecular flexibility index (Phi) is 6.87. The minimum Gasteiger partial charge on any atom is -0.497 e. The normalized spacial score (nSPS) is 16.3. The monoisotopic (exact) mass is 428 g/mol. The third-order valence-corrected chi connectivity index (χ3v) is 7.51. The van der Waals surface area contributed by atoms with E-state index in [0.29, 0.717) is 5.92 Å². The molecule has 1 N–H and O–H groups in total. The lowest BCUT2D eigenvalue weighted by Gasteiger charge is -2.37. The van der Waals surface area contributed by atoms with E-state index in [4.69, 9.17) is 4.74 Å². The maximum atomic E-state index is 10.9. The molecule has 1 fully saturated rings. The van der Waals surface area contributed by atoms with E-state index in [1.165, 1.54) is 15.4 Å². The van der Waals surface area contributed by atoms with E-state index in [2.05, 4.69) is 57.0 Å². The number of aliphatic hydroxyl groups excluding tert-OH is 1. The summed E-state index contributed by atoms with van der Waals surface area (Å²) in [5.74, 6) is 1.19. The van der Waals surface area contributed by atoms with E-state index >= 15 is 0 Å². The molecule has 0 saturated carbocycles. The summed E-state index contributed by atoms with van der Waals surface area (Å²) < 4.78 is 5.35. The molecule has 0 bridgehead atoms. The molecule has 4 rings (SSSR count). The minimum absolute atomic E-state index is 0.295. The fourth-order valence-corrected chi connectivity index (χ4v) is 5.78. The van der Waals surface area contributed by atoms with Crippen molar-refractivity contribution < 1.29 is 9.84 Å². The molecule has 3 heterocycles. The highest BCUT2D eigenvalue weighted by molar-refractivity contribution is 7.11. The second kappa shape index (κ2) is 9.76. The van der Waals surface area contributed by atoms with Crippen molar-refractivity contribution in [2.24, 2.45) is 0 Å². The summed E-state index contributed by atoms with van der Waals surface area (Å²) in [6, 6.07) is 16.8. The van der Waals surface area contributed by atoms with E-state index in [-0.39, 0.29) is 6.10 Å². The second-order valence-corrected chi connectivity index (χ2v) is 9.42. The summed E-state index contributed by atoms with van der Waals surface area (Å²) in [4.78, 5) is 7.47. The first-order chi connectivity index (χ1) is 14.2. The molecule has 1 atom stereocenters. The molecule has 1 aliphatic rings. The first-order valence-corrected chi connectivity index (χ1v) is 11.8. The number of piperazine rings is 1. The van der Waals surface area contributed by atoms with Crippen LogP contribution in [0, 0.1) is 0 Å². The van der Waals surface area contributed by atoms with Crippen LogP contribution in [0.1, 0.15) is 22.1 Å². The summed E-state index contributed by atoms with van der Waals surface area (Å²) in [6.45, 7) is 4.62. The van der Waals surface area contributed by atoms with Gasteiger partial charge in [0.25, 0.3) is 0 Å². The van der Waals surface area contributed by atoms with Crippen LogP contribution in [0.4, 0.5) is 5.69 Å². The first-order valence-electron chi connectivity index (χ1n) is 10.1. The van der Waals surface area contributed by atoms with E-state index in [9.17, 15) is 5.11 Å². The number of hydrogen-bond acceptors (Lipinski definition) is 6. The summed E-state index contributed by atoms with van der Waals surface area (Å²) in [6.07, 6.45) is 0.449. The Hall–Kier alpha value is -1.86. The van der Waals surface area contributed by atoms with Crippen molar-refractivity contribution in [3.63, 3.8) is 0 Å². The van der Waals surface area contributed by atoms with Crippen molar-refractivity contribution in [3.8, 4) is 5.75 Å². The van der Waals surface area contributed by atoms with E-state index < -0.39 is 0 Å². The van der Waals surface area contributed by atoms with Gasteiger partial charge in [0, 0.05) is 60.1 Å². The zero-order chi connectivity index (χ0) is 20.1. The van der Waals surface area contributed by atoms with Crippen LogP contribution in [0.5, 0.6) is 5.75 Å². The maximum Gasteiger partial charge on any atom is 0.120 e. The molecule has 0 amide bonds. The third kappa shape index (κ3) is 5.20. The molecule has 0 aliphatic carbocycles. The number of hydrogen-bond donors (Lipinski definition) is 1. The fraction of sp³-hybridized carbons (Fsp3) is 0.391. The number of rotatable bonds is 8. The van der Waals surface area contributed by atoms with Crippen LogP contribution >= 0.6 is 22.7 Å². The number of anilines is 1. The van der Waals surface area contributed by atoms with Crippen LogP contribution < -0.4 is 9.64 Å². The molecule has 0 spiro atoms. The van der Waals surface area contributed by atoms with Crippen molar-refractivity contribution in [2.45, 2.75) is 18.4 Å². The third-order valence-electron chi connectivity index (χ3n) is 5.54. The van der Waals surface area contributed by atoms with Gasteiger partial charge in [0.15, 0.2) is 0 Å². The molecular formula is C23H28N2O2S2. The highest BCUT2D eigenvalue weighted by atomic mass is 32.1. The zero-order valence-corrected chi connectivity index (χ0v) is 18.4. The quantitative estimate of drug-likeness (QED) is 0.572. The molecule has 6 heteroatoms. The van der Waals surface area contributed by atoms with Gasteiger partial charge in [0.1, 0.15) is 5.75 Å². The molecule has 29 heavy (non-hydrogen) atoms. The van der Waals surface area contributed by atoms with Gasteiger partial charge in [-0.3, -0.25) is 4.90 Å². The molecule has 4 nitrogen and oxygen atoms in total. The Morgan fingerprint density at radius 3 is 2.24 bits per heavy atom. The van der Waals surface area contributed by atoms with Crippen molar-refractivity contribution in [1.82, 2.24) is 4.90 Å². The van der Waals surface area contributed by atoms with Crippen LogP contribution in [0.2, 0.25) is 0 Å².